The Labute approximate surface area is 186 Å². The summed E-state index contributed by atoms with van der Waals surface area (Å²) in [4.78, 5) is 10.1. The number of hydrogen-bond donors (Lipinski definition) is 1. The lowest BCUT2D eigenvalue weighted by molar-refractivity contribution is -0.368. The lowest BCUT2D eigenvalue weighted by Gasteiger charge is -2.05. The van der Waals surface area contributed by atoms with E-state index in [1.54, 1.807) is 18.2 Å². The molecule has 1 aromatic carbocycles. The second-order valence-corrected chi connectivity index (χ2v) is 8.99. The number of carboxylic acids is 1. The lowest BCUT2D eigenvalue weighted by Crippen LogP contribution is -2.50. The van der Waals surface area contributed by atoms with Crippen molar-refractivity contribution in [2.45, 2.75) is 117 Å². The SMILES string of the molecule is CC(C)CCCCCCCCCCCCCCCCC[NH3+].O=C([O-])c1ccccc1. The molecular formula is C27H49NO2. The van der Waals surface area contributed by atoms with E-state index in [4.69, 9.17) is 0 Å². The van der Waals surface area contributed by atoms with E-state index in [2.05, 4.69) is 19.6 Å². The highest BCUT2D eigenvalue weighted by atomic mass is 16.4. The Kier molecular flexibility index (Phi) is 21.3. The molecule has 0 spiro atoms. The van der Waals surface area contributed by atoms with Crippen molar-refractivity contribution in [3.05, 3.63) is 35.9 Å². The van der Waals surface area contributed by atoms with E-state index in [1.807, 2.05) is 0 Å². The van der Waals surface area contributed by atoms with Crippen LogP contribution >= 0.6 is 0 Å². The fraction of sp³-hybridized carbons (Fsp3) is 0.741. The zero-order valence-electron chi connectivity index (χ0n) is 20.0. The van der Waals surface area contributed by atoms with Gasteiger partial charge in [0, 0.05) is 0 Å². The molecule has 0 saturated heterocycles. The summed E-state index contributed by atoms with van der Waals surface area (Å²) in [6.07, 6.45) is 23.2. The second-order valence-electron chi connectivity index (χ2n) is 8.99. The molecule has 0 amide bonds. The van der Waals surface area contributed by atoms with Crippen LogP contribution in [0.25, 0.3) is 0 Å². The minimum atomic E-state index is -1.13. The third-order valence-corrected chi connectivity index (χ3v) is 5.54. The fourth-order valence-electron chi connectivity index (χ4n) is 3.60. The van der Waals surface area contributed by atoms with Gasteiger partial charge in [-0.05, 0) is 24.3 Å². The molecule has 30 heavy (non-hydrogen) atoms. The molecule has 0 atom stereocenters. The molecule has 0 aliphatic rings. The lowest BCUT2D eigenvalue weighted by atomic mass is 10.0. The molecule has 0 unspecified atom stereocenters. The Bertz CT molecular complexity index is 473. The predicted molar refractivity (Wildman–Crippen MR) is 127 cm³/mol. The van der Waals surface area contributed by atoms with Crippen LogP contribution in [0.15, 0.2) is 30.3 Å². The van der Waals surface area contributed by atoms with Crippen molar-refractivity contribution in [2.24, 2.45) is 5.92 Å². The van der Waals surface area contributed by atoms with E-state index in [-0.39, 0.29) is 5.56 Å². The number of unbranched alkanes of at least 4 members (excludes halogenated alkanes) is 14. The van der Waals surface area contributed by atoms with Crippen molar-refractivity contribution < 1.29 is 15.6 Å². The summed E-state index contributed by atoms with van der Waals surface area (Å²) >= 11 is 0. The summed E-state index contributed by atoms with van der Waals surface area (Å²) < 4.78 is 0. The van der Waals surface area contributed by atoms with Gasteiger partial charge < -0.3 is 15.6 Å². The first kappa shape index (κ1) is 28.6. The van der Waals surface area contributed by atoms with Gasteiger partial charge >= 0.3 is 0 Å². The summed E-state index contributed by atoms with van der Waals surface area (Å²) in [5.41, 5.74) is 4.12. The topological polar surface area (TPSA) is 67.8 Å². The Morgan fingerprint density at radius 3 is 1.37 bits per heavy atom. The van der Waals surface area contributed by atoms with Gasteiger partial charge in [0.15, 0.2) is 0 Å². The number of benzene rings is 1. The summed E-state index contributed by atoms with van der Waals surface area (Å²) in [7, 11) is 0. The molecule has 3 N–H and O–H groups in total. The van der Waals surface area contributed by atoms with Gasteiger partial charge in [-0.3, -0.25) is 0 Å². The highest BCUT2D eigenvalue weighted by Gasteiger charge is 1.96. The van der Waals surface area contributed by atoms with Crippen LogP contribution in [0.2, 0.25) is 0 Å². The van der Waals surface area contributed by atoms with E-state index in [1.165, 1.54) is 115 Å². The first-order valence-electron chi connectivity index (χ1n) is 12.6. The Morgan fingerprint density at radius 2 is 1.07 bits per heavy atom. The number of carbonyl (C=O) groups excluding carboxylic acids is 1. The van der Waals surface area contributed by atoms with E-state index in [0.29, 0.717) is 0 Å². The first-order chi connectivity index (χ1) is 14.6. The van der Waals surface area contributed by atoms with Crippen LogP contribution in [0.1, 0.15) is 127 Å². The van der Waals surface area contributed by atoms with Gasteiger partial charge in [-0.25, -0.2) is 0 Å². The number of rotatable bonds is 18. The molecule has 1 rings (SSSR count). The number of carboxylic acid groups (broad SMARTS) is 1. The summed E-state index contributed by atoms with van der Waals surface area (Å²) in [5, 5.41) is 10.1. The maximum Gasteiger partial charge on any atom is 0.0739 e. The largest absolute Gasteiger partial charge is 0.545 e. The zero-order chi connectivity index (χ0) is 22.3. The quantitative estimate of drug-likeness (QED) is 0.289. The molecule has 0 aliphatic heterocycles. The number of aromatic carboxylic acids is 1. The molecule has 0 aromatic heterocycles. The average molecular weight is 420 g/mol. The maximum atomic E-state index is 10.1. The van der Waals surface area contributed by atoms with Crippen LogP contribution in [0.5, 0.6) is 0 Å². The molecule has 0 fully saturated rings. The highest BCUT2D eigenvalue weighted by Crippen LogP contribution is 2.14. The van der Waals surface area contributed by atoms with Crippen LogP contribution in [-0.4, -0.2) is 12.5 Å². The smallest absolute Gasteiger partial charge is 0.0739 e. The molecular weight excluding hydrogens is 370 g/mol. The molecule has 3 nitrogen and oxygen atoms in total. The Balaban J connectivity index is 0.000000769. The van der Waals surface area contributed by atoms with Crippen LogP contribution in [-0.2, 0) is 0 Å². The molecule has 0 saturated carbocycles. The van der Waals surface area contributed by atoms with Gasteiger partial charge in [0.2, 0.25) is 0 Å². The summed E-state index contributed by atoms with van der Waals surface area (Å²) in [5.74, 6) is -0.232. The molecule has 1 aromatic rings. The zero-order valence-corrected chi connectivity index (χ0v) is 20.0. The van der Waals surface area contributed by atoms with Crippen LogP contribution in [0, 0.1) is 5.92 Å². The third kappa shape index (κ3) is 21.4. The average Bonchev–Trinajstić information content (AvgIpc) is 2.74. The summed E-state index contributed by atoms with van der Waals surface area (Å²) in [6.45, 7) is 5.79. The predicted octanol–water partition coefficient (Wildman–Crippen LogP) is 6.18. The van der Waals surface area contributed by atoms with Crippen molar-refractivity contribution in [2.75, 3.05) is 6.54 Å². The minimum Gasteiger partial charge on any atom is -0.545 e. The van der Waals surface area contributed by atoms with Gasteiger partial charge in [-0.15, -0.1) is 0 Å². The second kappa shape index (κ2) is 22.3. The van der Waals surface area contributed by atoms with Gasteiger partial charge in [0.05, 0.1) is 12.5 Å². The fourth-order valence-corrected chi connectivity index (χ4v) is 3.60. The van der Waals surface area contributed by atoms with Crippen LogP contribution in [0.3, 0.4) is 0 Å². The standard InChI is InChI=1S/C20H43N.C7H6O2/c1-20(2)18-16-14-12-10-8-6-4-3-5-7-9-11-13-15-17-19-21;8-7(9)6-4-2-1-3-5-6/h20H,3-19,21H2,1-2H3;1-5H,(H,8,9). The van der Waals surface area contributed by atoms with E-state index in [0.717, 1.165) is 12.5 Å². The molecule has 0 radical (unpaired) electrons. The number of quaternary nitrogens is 1. The highest BCUT2D eigenvalue weighted by molar-refractivity contribution is 5.85. The Morgan fingerprint density at radius 1 is 0.700 bits per heavy atom. The minimum absolute atomic E-state index is 0.220. The number of hydrogen-bond acceptors (Lipinski definition) is 2. The molecule has 0 aliphatic carbocycles. The maximum absolute atomic E-state index is 10.1. The van der Waals surface area contributed by atoms with Crippen molar-refractivity contribution in [1.82, 2.24) is 0 Å². The van der Waals surface area contributed by atoms with E-state index in [9.17, 15) is 9.90 Å². The van der Waals surface area contributed by atoms with Gasteiger partial charge in [-0.1, -0.05) is 134 Å². The van der Waals surface area contributed by atoms with Crippen LogP contribution in [0.4, 0.5) is 0 Å². The van der Waals surface area contributed by atoms with Crippen molar-refractivity contribution in [1.29, 1.82) is 0 Å². The molecule has 0 heterocycles. The number of carbonyl (C=O) groups is 1. The van der Waals surface area contributed by atoms with Crippen molar-refractivity contribution in [3.8, 4) is 0 Å². The van der Waals surface area contributed by atoms with Gasteiger partial charge in [-0.2, -0.15) is 0 Å². The van der Waals surface area contributed by atoms with Crippen molar-refractivity contribution in [3.63, 3.8) is 0 Å². The first-order valence-corrected chi connectivity index (χ1v) is 12.6. The monoisotopic (exact) mass is 419 g/mol. The Hall–Kier alpha value is -1.35. The van der Waals surface area contributed by atoms with Gasteiger partial charge in [0.1, 0.15) is 0 Å². The van der Waals surface area contributed by atoms with Gasteiger partial charge in [0.25, 0.3) is 0 Å². The summed E-state index contributed by atoms with van der Waals surface area (Å²) in [6, 6.07) is 8.06. The third-order valence-electron chi connectivity index (χ3n) is 5.54. The molecule has 0 bridgehead atoms. The van der Waals surface area contributed by atoms with Crippen LogP contribution < -0.4 is 10.8 Å². The van der Waals surface area contributed by atoms with Crippen molar-refractivity contribution >= 4 is 5.97 Å². The van der Waals surface area contributed by atoms with E-state index >= 15 is 0 Å². The molecule has 174 valence electrons. The molecule has 3 heteroatoms. The van der Waals surface area contributed by atoms with E-state index < -0.39 is 5.97 Å². The normalized spacial score (nSPS) is 10.7.